The Morgan fingerprint density at radius 2 is 2.20 bits per heavy atom. The van der Waals surface area contributed by atoms with E-state index < -0.39 is 5.76 Å². The summed E-state index contributed by atoms with van der Waals surface area (Å²) in [4.78, 5) is 10.8. The van der Waals surface area contributed by atoms with Crippen LogP contribution in [0.25, 0.3) is 0 Å². The summed E-state index contributed by atoms with van der Waals surface area (Å²) in [6.07, 6.45) is 1.97. The average Bonchev–Trinajstić information content (AvgIpc) is 2.89. The molecule has 0 radical (unpaired) electrons. The van der Waals surface area contributed by atoms with Crippen LogP contribution in [0.1, 0.15) is 30.9 Å². The van der Waals surface area contributed by atoms with E-state index in [9.17, 15) is 4.79 Å². The fraction of sp³-hybridized carbons (Fsp3) is 0.429. The number of aromatic nitrogens is 2. The fourth-order valence-corrected chi connectivity index (χ4v) is 2.42. The molecule has 0 aliphatic carbocycles. The van der Waals surface area contributed by atoms with Crippen LogP contribution >= 0.6 is 11.8 Å². The second kappa shape index (κ2) is 7.19. The molecule has 2 aromatic rings. The second-order valence-electron chi connectivity index (χ2n) is 4.27. The number of nitrogens with zero attached hydrogens (tertiary/aromatic N) is 1. The molecular formula is C14H18N2O3S. The molecule has 1 aromatic carbocycles. The van der Waals surface area contributed by atoms with Crippen LogP contribution in [0.3, 0.4) is 0 Å². The monoisotopic (exact) mass is 294 g/mol. The highest BCUT2D eigenvalue weighted by Crippen LogP contribution is 2.22. The average molecular weight is 294 g/mol. The molecule has 0 fully saturated rings. The van der Waals surface area contributed by atoms with Crippen LogP contribution in [-0.4, -0.2) is 16.1 Å². The molecular weight excluding hydrogens is 276 g/mol. The summed E-state index contributed by atoms with van der Waals surface area (Å²) in [5.74, 6) is 1.79. The number of ether oxygens (including phenoxy) is 1. The molecule has 1 heterocycles. The fourth-order valence-electron chi connectivity index (χ4n) is 1.83. The highest BCUT2D eigenvalue weighted by Gasteiger charge is 2.05. The van der Waals surface area contributed by atoms with E-state index in [2.05, 4.69) is 36.2 Å². The van der Waals surface area contributed by atoms with Crippen LogP contribution in [0.5, 0.6) is 5.75 Å². The number of hydrogen-bond acceptors (Lipinski definition) is 5. The number of benzene rings is 1. The van der Waals surface area contributed by atoms with E-state index in [0.717, 1.165) is 18.6 Å². The molecule has 1 aromatic heterocycles. The minimum absolute atomic E-state index is 0.389. The molecule has 0 unspecified atom stereocenters. The molecule has 0 bridgehead atoms. The Hall–Kier alpha value is -1.69. The van der Waals surface area contributed by atoms with Crippen molar-refractivity contribution in [3.63, 3.8) is 0 Å². The molecule has 6 heteroatoms. The standard InChI is InChI=1S/C14H18N2O3S/c1-3-10-5-6-12(11(4-2)7-10)18-9-20-8-13-15-16-14(17)19-13/h5-7H,3-4,8-9H2,1-2H3,(H,16,17). The Morgan fingerprint density at radius 3 is 2.85 bits per heavy atom. The Bertz CT molecular complexity index is 606. The normalized spacial score (nSPS) is 10.7. The van der Waals surface area contributed by atoms with Crippen molar-refractivity contribution in [1.29, 1.82) is 0 Å². The van der Waals surface area contributed by atoms with Crippen molar-refractivity contribution in [2.45, 2.75) is 32.4 Å². The summed E-state index contributed by atoms with van der Waals surface area (Å²) in [5, 5.41) is 5.97. The zero-order chi connectivity index (χ0) is 14.4. The number of aromatic amines is 1. The van der Waals surface area contributed by atoms with Gasteiger partial charge < -0.3 is 9.15 Å². The highest BCUT2D eigenvalue weighted by atomic mass is 32.2. The van der Waals surface area contributed by atoms with E-state index >= 15 is 0 Å². The molecule has 2 rings (SSSR count). The van der Waals surface area contributed by atoms with Gasteiger partial charge in [0.2, 0.25) is 5.89 Å². The Kier molecular flexibility index (Phi) is 5.29. The molecule has 0 atom stereocenters. The van der Waals surface area contributed by atoms with Crippen molar-refractivity contribution in [3.05, 3.63) is 45.8 Å². The van der Waals surface area contributed by atoms with Crippen molar-refractivity contribution in [3.8, 4) is 5.75 Å². The number of aryl methyl sites for hydroxylation is 2. The third-order valence-corrected chi connectivity index (χ3v) is 3.66. The van der Waals surface area contributed by atoms with Crippen LogP contribution in [0.15, 0.2) is 27.4 Å². The van der Waals surface area contributed by atoms with Crippen molar-refractivity contribution >= 4 is 11.8 Å². The van der Waals surface area contributed by atoms with Crippen molar-refractivity contribution in [2.75, 3.05) is 5.94 Å². The van der Waals surface area contributed by atoms with Gasteiger partial charge >= 0.3 is 5.76 Å². The van der Waals surface area contributed by atoms with Gasteiger partial charge in [0, 0.05) is 0 Å². The molecule has 0 spiro atoms. The van der Waals surface area contributed by atoms with E-state index in [1.54, 1.807) is 0 Å². The molecule has 0 aliphatic rings. The molecule has 0 saturated carbocycles. The summed E-state index contributed by atoms with van der Waals surface area (Å²) < 4.78 is 10.6. The highest BCUT2D eigenvalue weighted by molar-refractivity contribution is 7.98. The first kappa shape index (κ1) is 14.7. The van der Waals surface area contributed by atoms with Crippen molar-refractivity contribution in [2.24, 2.45) is 0 Å². The largest absolute Gasteiger partial charge is 0.483 e. The van der Waals surface area contributed by atoms with Crippen LogP contribution < -0.4 is 10.5 Å². The summed E-state index contributed by atoms with van der Waals surface area (Å²) >= 11 is 1.51. The van der Waals surface area contributed by atoms with E-state index in [4.69, 9.17) is 9.15 Å². The van der Waals surface area contributed by atoms with Gasteiger partial charge in [0.05, 0.1) is 5.75 Å². The maximum absolute atomic E-state index is 10.8. The summed E-state index contributed by atoms with van der Waals surface area (Å²) in [7, 11) is 0. The maximum Gasteiger partial charge on any atom is 0.434 e. The molecule has 0 saturated heterocycles. The molecule has 5 nitrogen and oxygen atoms in total. The summed E-state index contributed by atoms with van der Waals surface area (Å²) in [6, 6.07) is 6.30. The number of rotatable bonds is 7. The van der Waals surface area contributed by atoms with E-state index in [1.807, 2.05) is 6.07 Å². The second-order valence-corrected chi connectivity index (χ2v) is 5.20. The summed E-state index contributed by atoms with van der Waals surface area (Å²) in [5.41, 5.74) is 2.54. The maximum atomic E-state index is 10.8. The molecule has 1 N–H and O–H groups in total. The van der Waals surface area contributed by atoms with Crippen LogP contribution in [0, 0.1) is 0 Å². The van der Waals surface area contributed by atoms with Gasteiger partial charge in [-0.1, -0.05) is 26.0 Å². The SMILES string of the molecule is CCc1ccc(OCSCc2n[nH]c(=O)o2)c(CC)c1. The van der Waals surface area contributed by atoms with Gasteiger partial charge in [0.1, 0.15) is 11.7 Å². The van der Waals surface area contributed by atoms with Crippen LogP contribution in [0.2, 0.25) is 0 Å². The first-order valence-corrected chi connectivity index (χ1v) is 7.75. The Morgan fingerprint density at radius 1 is 1.35 bits per heavy atom. The topological polar surface area (TPSA) is 68.1 Å². The molecule has 20 heavy (non-hydrogen) atoms. The van der Waals surface area contributed by atoms with Gasteiger partial charge in [-0.25, -0.2) is 9.89 Å². The van der Waals surface area contributed by atoms with Gasteiger partial charge in [-0.05, 0) is 30.0 Å². The zero-order valence-electron chi connectivity index (χ0n) is 11.6. The van der Waals surface area contributed by atoms with Crippen LogP contribution in [-0.2, 0) is 18.6 Å². The Balaban J connectivity index is 1.86. The van der Waals surface area contributed by atoms with Crippen LogP contribution in [0.4, 0.5) is 0 Å². The minimum atomic E-state index is -0.523. The van der Waals surface area contributed by atoms with Gasteiger partial charge in [-0.2, -0.15) is 0 Å². The first-order valence-electron chi connectivity index (χ1n) is 6.59. The lowest BCUT2D eigenvalue weighted by atomic mass is 10.1. The molecule has 108 valence electrons. The lowest BCUT2D eigenvalue weighted by molar-refractivity contribution is 0.387. The number of nitrogens with one attached hydrogen (secondary N) is 1. The zero-order valence-corrected chi connectivity index (χ0v) is 12.5. The predicted octanol–water partition coefficient (Wildman–Crippen LogP) is 2.76. The van der Waals surface area contributed by atoms with Crippen molar-refractivity contribution < 1.29 is 9.15 Å². The van der Waals surface area contributed by atoms with E-state index in [-0.39, 0.29) is 0 Å². The third-order valence-electron chi connectivity index (χ3n) is 2.92. The smallest absolute Gasteiger partial charge is 0.434 e. The van der Waals surface area contributed by atoms with Gasteiger partial charge in [-0.3, -0.25) is 0 Å². The number of thioether (sulfide) groups is 1. The van der Waals surface area contributed by atoms with Crippen molar-refractivity contribution in [1.82, 2.24) is 10.2 Å². The Labute approximate surface area is 121 Å². The quantitative estimate of drug-likeness (QED) is 0.628. The first-order chi connectivity index (χ1) is 9.72. The van der Waals surface area contributed by atoms with Gasteiger partial charge in [0.15, 0.2) is 0 Å². The third kappa shape index (κ3) is 3.90. The number of H-pyrrole nitrogens is 1. The lowest BCUT2D eigenvalue weighted by Gasteiger charge is -2.11. The predicted molar refractivity (Wildman–Crippen MR) is 79.1 cm³/mol. The summed E-state index contributed by atoms with van der Waals surface area (Å²) in [6.45, 7) is 4.26. The van der Waals surface area contributed by atoms with E-state index in [0.29, 0.717) is 17.6 Å². The number of hydrogen-bond donors (Lipinski definition) is 1. The van der Waals surface area contributed by atoms with Gasteiger partial charge in [-0.15, -0.1) is 16.9 Å². The lowest BCUT2D eigenvalue weighted by Crippen LogP contribution is -1.98. The van der Waals surface area contributed by atoms with E-state index in [1.165, 1.54) is 22.9 Å². The van der Waals surface area contributed by atoms with Gasteiger partial charge in [0.25, 0.3) is 0 Å². The minimum Gasteiger partial charge on any atom is -0.483 e. The molecule has 0 aliphatic heterocycles. The molecule has 0 amide bonds.